The van der Waals surface area contributed by atoms with Crippen molar-refractivity contribution in [3.05, 3.63) is 37.3 Å². The molecule has 1 aromatic rings. The van der Waals surface area contributed by atoms with Gasteiger partial charge in [0.05, 0.1) is 18.1 Å². The summed E-state index contributed by atoms with van der Waals surface area (Å²) in [7, 11) is 0. The third-order valence-electron chi connectivity index (χ3n) is 1.33. The van der Waals surface area contributed by atoms with Crippen LogP contribution in [-0.2, 0) is 0 Å². The number of aliphatic imine (C=N–C) groups is 1. The minimum atomic E-state index is 0.725. The maximum atomic E-state index is 4.06. The number of allylic oxidation sites excluding steroid dienone is 1. The summed E-state index contributed by atoms with van der Waals surface area (Å²) in [5, 5.41) is 4.06. The molecule has 0 saturated carbocycles. The standard InChI is InChI=1S/C9H11N3.2C2H6/c1-4-10-6-9(3)12-7-8(2)5-11-12;2*1-2/h4-7H,1,3H2,2H3;2*1-2H3. The zero-order valence-electron chi connectivity index (χ0n) is 11.1. The number of hydrogen-bond acceptors (Lipinski definition) is 2. The van der Waals surface area contributed by atoms with Gasteiger partial charge in [-0.1, -0.05) is 40.9 Å². The maximum absolute atomic E-state index is 4.06. The van der Waals surface area contributed by atoms with Gasteiger partial charge in [-0.2, -0.15) is 5.10 Å². The summed E-state index contributed by atoms with van der Waals surface area (Å²) in [5.74, 6) is 0. The van der Waals surface area contributed by atoms with Crippen LogP contribution in [0.5, 0.6) is 0 Å². The largest absolute Gasteiger partial charge is 0.263 e. The van der Waals surface area contributed by atoms with Gasteiger partial charge in [0.2, 0.25) is 0 Å². The van der Waals surface area contributed by atoms with Gasteiger partial charge < -0.3 is 0 Å². The molecule has 0 spiro atoms. The fraction of sp³-hybridized carbons (Fsp3) is 0.385. The summed E-state index contributed by atoms with van der Waals surface area (Å²) in [4.78, 5) is 3.84. The number of aromatic nitrogens is 2. The molecule has 0 amide bonds. The Bertz CT molecular complexity index is 322. The highest BCUT2D eigenvalue weighted by atomic mass is 15.3. The van der Waals surface area contributed by atoms with Crippen molar-refractivity contribution in [2.75, 3.05) is 0 Å². The third kappa shape index (κ3) is 6.76. The number of hydrogen-bond donors (Lipinski definition) is 0. The Morgan fingerprint density at radius 2 is 1.94 bits per heavy atom. The quantitative estimate of drug-likeness (QED) is 0.711. The molecule has 0 fully saturated rings. The Hall–Kier alpha value is -1.64. The average Bonchev–Trinajstić information content (AvgIpc) is 2.78. The van der Waals surface area contributed by atoms with Crippen LogP contribution in [0.1, 0.15) is 33.3 Å². The summed E-state index contributed by atoms with van der Waals surface area (Å²) in [6.07, 6.45) is 6.73. The fourth-order valence-corrected chi connectivity index (χ4v) is 0.768. The summed E-state index contributed by atoms with van der Waals surface area (Å²) >= 11 is 0. The van der Waals surface area contributed by atoms with Crippen molar-refractivity contribution in [1.82, 2.24) is 9.78 Å². The molecule has 3 heteroatoms. The van der Waals surface area contributed by atoms with Crippen LogP contribution in [0.2, 0.25) is 0 Å². The van der Waals surface area contributed by atoms with E-state index in [9.17, 15) is 0 Å². The van der Waals surface area contributed by atoms with E-state index in [1.165, 1.54) is 6.20 Å². The molecule has 0 N–H and O–H groups in total. The van der Waals surface area contributed by atoms with E-state index in [0.717, 1.165) is 11.3 Å². The average molecular weight is 221 g/mol. The molecule has 0 unspecified atom stereocenters. The molecule has 3 nitrogen and oxygen atoms in total. The van der Waals surface area contributed by atoms with Crippen LogP contribution in [-0.4, -0.2) is 16.0 Å². The maximum Gasteiger partial charge on any atom is 0.0756 e. The molecule has 1 rings (SSSR count). The van der Waals surface area contributed by atoms with Crippen molar-refractivity contribution in [2.45, 2.75) is 34.6 Å². The first kappa shape index (κ1) is 16.8. The molecule has 0 aliphatic heterocycles. The smallest absolute Gasteiger partial charge is 0.0756 e. The van der Waals surface area contributed by atoms with Gasteiger partial charge in [0.25, 0.3) is 0 Å². The first-order valence-electron chi connectivity index (χ1n) is 5.58. The van der Waals surface area contributed by atoms with Crippen molar-refractivity contribution in [3.63, 3.8) is 0 Å². The van der Waals surface area contributed by atoms with Gasteiger partial charge in [-0.25, -0.2) is 4.68 Å². The van der Waals surface area contributed by atoms with E-state index in [4.69, 9.17) is 0 Å². The second kappa shape index (κ2) is 11.4. The Morgan fingerprint density at radius 1 is 1.38 bits per heavy atom. The van der Waals surface area contributed by atoms with E-state index < -0.39 is 0 Å². The predicted molar refractivity (Wildman–Crippen MR) is 73.7 cm³/mol. The highest BCUT2D eigenvalue weighted by Crippen LogP contribution is 1.99. The summed E-state index contributed by atoms with van der Waals surface area (Å²) in [5.41, 5.74) is 1.83. The van der Waals surface area contributed by atoms with E-state index >= 15 is 0 Å². The Labute approximate surface area is 99.2 Å². The monoisotopic (exact) mass is 221 g/mol. The zero-order chi connectivity index (χ0) is 13.0. The molecule has 1 heterocycles. The SMILES string of the molecule is C=CN=CC(=C)n1cc(C)cn1.CC.CC. The molecule has 16 heavy (non-hydrogen) atoms. The second-order valence-electron chi connectivity index (χ2n) is 2.41. The molecule has 0 atom stereocenters. The Balaban J connectivity index is 0. The number of aryl methyl sites for hydroxylation is 1. The van der Waals surface area contributed by atoms with E-state index in [1.807, 2.05) is 40.8 Å². The van der Waals surface area contributed by atoms with E-state index in [0.29, 0.717) is 0 Å². The van der Waals surface area contributed by atoms with Crippen LogP contribution in [0.25, 0.3) is 5.70 Å². The number of rotatable bonds is 3. The minimum absolute atomic E-state index is 0.725. The molecular weight excluding hydrogens is 198 g/mol. The van der Waals surface area contributed by atoms with Crippen LogP contribution in [0, 0.1) is 6.92 Å². The molecular formula is C13H23N3. The molecule has 0 saturated heterocycles. The van der Waals surface area contributed by atoms with E-state index in [-0.39, 0.29) is 0 Å². The highest BCUT2D eigenvalue weighted by Gasteiger charge is 1.94. The summed E-state index contributed by atoms with van der Waals surface area (Å²) in [6.45, 7) is 17.2. The van der Waals surface area contributed by atoms with Crippen molar-refractivity contribution in [3.8, 4) is 0 Å². The van der Waals surface area contributed by atoms with Crippen LogP contribution in [0.15, 0.2) is 36.7 Å². The van der Waals surface area contributed by atoms with Crippen molar-refractivity contribution in [1.29, 1.82) is 0 Å². The molecule has 0 aliphatic rings. The van der Waals surface area contributed by atoms with Gasteiger partial charge >= 0.3 is 0 Å². The van der Waals surface area contributed by atoms with Crippen LogP contribution < -0.4 is 0 Å². The first-order valence-corrected chi connectivity index (χ1v) is 5.58. The molecule has 0 radical (unpaired) electrons. The third-order valence-corrected chi connectivity index (χ3v) is 1.33. The van der Waals surface area contributed by atoms with Gasteiger partial charge in [-0.05, 0) is 12.5 Å². The van der Waals surface area contributed by atoms with Gasteiger partial charge in [0.15, 0.2) is 0 Å². The van der Waals surface area contributed by atoms with Gasteiger partial charge in [0.1, 0.15) is 0 Å². The lowest BCUT2D eigenvalue weighted by atomic mass is 10.4. The van der Waals surface area contributed by atoms with E-state index in [1.54, 1.807) is 17.1 Å². The van der Waals surface area contributed by atoms with Crippen molar-refractivity contribution in [2.24, 2.45) is 4.99 Å². The van der Waals surface area contributed by atoms with Crippen LogP contribution in [0.4, 0.5) is 0 Å². The summed E-state index contributed by atoms with van der Waals surface area (Å²) < 4.78 is 1.67. The zero-order valence-corrected chi connectivity index (χ0v) is 11.1. The molecule has 1 aromatic heterocycles. The molecule has 90 valence electrons. The predicted octanol–water partition coefficient (Wildman–Crippen LogP) is 3.93. The highest BCUT2D eigenvalue weighted by molar-refractivity contribution is 6.01. The van der Waals surface area contributed by atoms with Crippen molar-refractivity contribution < 1.29 is 0 Å². The Kier molecular flexibility index (Phi) is 12.0. The normalized spacial score (nSPS) is 8.56. The summed E-state index contributed by atoms with van der Waals surface area (Å²) in [6, 6.07) is 0. The van der Waals surface area contributed by atoms with Crippen LogP contribution >= 0.6 is 0 Å². The Morgan fingerprint density at radius 3 is 2.31 bits per heavy atom. The lowest BCUT2D eigenvalue weighted by molar-refractivity contribution is 0.921. The minimum Gasteiger partial charge on any atom is -0.263 e. The fourth-order valence-electron chi connectivity index (χ4n) is 0.768. The van der Waals surface area contributed by atoms with Crippen LogP contribution in [0.3, 0.4) is 0 Å². The molecule has 0 bridgehead atoms. The first-order chi connectivity index (χ1) is 7.74. The topological polar surface area (TPSA) is 30.2 Å². The lowest BCUT2D eigenvalue weighted by Gasteiger charge is -1.96. The van der Waals surface area contributed by atoms with Gasteiger partial charge in [0, 0.05) is 12.4 Å². The number of nitrogens with zero attached hydrogens (tertiary/aromatic N) is 3. The van der Waals surface area contributed by atoms with E-state index in [2.05, 4.69) is 23.2 Å². The lowest BCUT2D eigenvalue weighted by Crippen LogP contribution is -1.96. The van der Waals surface area contributed by atoms with Gasteiger partial charge in [-0.15, -0.1) is 0 Å². The second-order valence-corrected chi connectivity index (χ2v) is 2.41. The van der Waals surface area contributed by atoms with Crippen molar-refractivity contribution >= 4 is 11.9 Å². The van der Waals surface area contributed by atoms with Gasteiger partial charge in [-0.3, -0.25) is 4.99 Å². The molecule has 0 aliphatic carbocycles. The molecule has 0 aromatic carbocycles.